The maximum atomic E-state index is 11.1. The van der Waals surface area contributed by atoms with Gasteiger partial charge in [0, 0.05) is 0 Å². The maximum absolute atomic E-state index is 11.1. The van der Waals surface area contributed by atoms with Crippen LogP contribution >= 0.6 is 0 Å². The number of hydrogen-bond donors (Lipinski definition) is 1. The first-order valence-corrected chi connectivity index (χ1v) is 7.25. The van der Waals surface area contributed by atoms with E-state index in [9.17, 15) is 7.84 Å². The van der Waals surface area contributed by atoms with E-state index in [1.807, 2.05) is 30.3 Å². The van der Waals surface area contributed by atoms with Gasteiger partial charge in [-0.2, -0.15) is 0 Å². The minimum atomic E-state index is -3.99. The molecule has 1 N–H and O–H groups in total. The second-order valence-corrected chi connectivity index (χ2v) is 6.57. The molecule has 3 nitrogen and oxygen atoms in total. The number of rotatable bonds is 3. The molecule has 0 heterocycles. The number of benzene rings is 1. The van der Waals surface area contributed by atoms with Crippen molar-refractivity contribution in [1.29, 1.82) is 0 Å². The molecule has 1 atom stereocenters. The molecule has 1 aromatic carbocycles. The Hall–Kier alpha value is -0.502. The zero-order chi connectivity index (χ0) is 9.03. The Morgan fingerprint density at radius 1 is 1.42 bits per heavy atom. The molecule has 4 heteroatoms. The molecule has 1 rings (SSSR count). The Kier molecular flexibility index (Phi) is 3.15. The van der Waals surface area contributed by atoms with Gasteiger partial charge in [-0.25, -0.2) is 0 Å². The van der Waals surface area contributed by atoms with E-state index in [0.29, 0.717) is 0 Å². The second-order valence-electron chi connectivity index (χ2n) is 2.46. The molecule has 0 saturated heterocycles. The zero-order valence-corrected chi connectivity index (χ0v) is 8.68. The van der Waals surface area contributed by atoms with Crippen LogP contribution in [-0.4, -0.2) is 25.4 Å². The van der Waals surface area contributed by atoms with Gasteiger partial charge in [0.05, 0.1) is 0 Å². The fraction of sp³-hybridized carbons (Fsp3) is 0.250. The van der Waals surface area contributed by atoms with Crippen molar-refractivity contribution in [2.45, 2.75) is 5.21 Å². The van der Waals surface area contributed by atoms with E-state index in [-0.39, 0.29) is 5.21 Å². The molecule has 0 fully saturated rings. The van der Waals surface area contributed by atoms with E-state index in [1.54, 1.807) is 0 Å². The molecule has 66 valence electrons. The fourth-order valence-corrected chi connectivity index (χ4v) is 2.56. The van der Waals surface area contributed by atoms with Gasteiger partial charge in [-0.05, 0) is 0 Å². The van der Waals surface area contributed by atoms with Crippen molar-refractivity contribution in [1.82, 2.24) is 0 Å². The van der Waals surface area contributed by atoms with Gasteiger partial charge in [0.25, 0.3) is 0 Å². The molecule has 0 aromatic heterocycles. The summed E-state index contributed by atoms with van der Waals surface area (Å²) in [4.78, 5) is 0. The molecule has 0 radical (unpaired) electrons. The van der Waals surface area contributed by atoms with Crippen molar-refractivity contribution in [2.75, 3.05) is 7.11 Å². The van der Waals surface area contributed by atoms with Crippen molar-refractivity contribution < 1.29 is 11.6 Å². The number of hydrogen-bond acceptors (Lipinski definition) is 2. The molecular weight excluding hydrogens is 219 g/mol. The Bertz CT molecular complexity index is 284. The van der Waals surface area contributed by atoms with Crippen molar-refractivity contribution in [2.24, 2.45) is 0 Å². The molecule has 0 aliphatic rings. The third-order valence-electron chi connectivity index (χ3n) is 1.51. The summed E-state index contributed by atoms with van der Waals surface area (Å²) in [5.41, 5.74) is 0.837. The van der Waals surface area contributed by atoms with Crippen LogP contribution in [0.1, 0.15) is 5.56 Å². The fourth-order valence-electron chi connectivity index (χ4n) is 0.879. The summed E-state index contributed by atoms with van der Waals surface area (Å²) in [7, 11) is 1.27. The predicted octanol–water partition coefficient (Wildman–Crippen LogP) is 0.776. The third-order valence-corrected chi connectivity index (χ3v) is 4.31. The first-order chi connectivity index (χ1) is 5.64. The van der Waals surface area contributed by atoms with Crippen molar-refractivity contribution in [3.8, 4) is 0 Å². The summed E-state index contributed by atoms with van der Waals surface area (Å²) in [6, 6.07) is 9.15. The molecule has 0 bridgehead atoms. The van der Waals surface area contributed by atoms with Crippen LogP contribution in [-0.2, 0) is 12.7 Å². The Labute approximate surface area is 74.4 Å². The molecule has 1 aromatic rings. The van der Waals surface area contributed by atoms with Crippen LogP contribution < -0.4 is 0 Å². The van der Waals surface area contributed by atoms with E-state index in [2.05, 4.69) is 3.73 Å². The van der Waals surface area contributed by atoms with Gasteiger partial charge >= 0.3 is 73.9 Å². The van der Waals surface area contributed by atoms with E-state index in [1.165, 1.54) is 7.11 Å². The van der Waals surface area contributed by atoms with Gasteiger partial charge in [0.1, 0.15) is 0 Å². The summed E-state index contributed by atoms with van der Waals surface area (Å²) < 4.78 is 24.8. The summed E-state index contributed by atoms with van der Waals surface area (Å²) in [5, 5.41) is 0.135. The van der Waals surface area contributed by atoms with Crippen molar-refractivity contribution in [3.05, 3.63) is 35.9 Å². The van der Waals surface area contributed by atoms with Crippen LogP contribution in [0.15, 0.2) is 30.3 Å². The summed E-state index contributed by atoms with van der Waals surface area (Å²) in [6.45, 7) is 0. The van der Waals surface area contributed by atoms with Crippen LogP contribution in [0.25, 0.3) is 0 Å². The predicted molar refractivity (Wildman–Crippen MR) is 45.8 cm³/mol. The third kappa shape index (κ3) is 2.86. The van der Waals surface area contributed by atoms with Crippen LogP contribution in [0.4, 0.5) is 0 Å². The Balaban J connectivity index is 2.71. The van der Waals surface area contributed by atoms with Gasteiger partial charge in [-0.3, -0.25) is 0 Å². The summed E-state index contributed by atoms with van der Waals surface area (Å²) in [6.07, 6.45) is 0. The average Bonchev–Trinajstić information content (AvgIpc) is 2.06. The summed E-state index contributed by atoms with van der Waals surface area (Å²) >= 11 is -3.99. The quantitative estimate of drug-likeness (QED) is 0.780. The first-order valence-electron chi connectivity index (χ1n) is 3.55. The molecule has 0 aliphatic heterocycles. The van der Waals surface area contributed by atoms with Gasteiger partial charge in [0.15, 0.2) is 0 Å². The average molecular weight is 230 g/mol. The van der Waals surface area contributed by atoms with Gasteiger partial charge in [-0.15, -0.1) is 0 Å². The Morgan fingerprint density at radius 2 is 2.00 bits per heavy atom. The van der Waals surface area contributed by atoms with Crippen LogP contribution in [0, 0.1) is 0 Å². The second kappa shape index (κ2) is 3.94. The molecule has 0 aliphatic carbocycles. The zero-order valence-electron chi connectivity index (χ0n) is 6.80. The van der Waals surface area contributed by atoms with Crippen LogP contribution in [0.2, 0.25) is 0 Å². The van der Waals surface area contributed by atoms with E-state index < -0.39 is 14.2 Å². The molecule has 0 spiro atoms. The molecular formula is C8H11AsO3. The molecule has 1 unspecified atom stereocenters. The SMILES string of the molecule is CO[As](=O)(O)Cc1ccccc1. The molecule has 0 saturated carbocycles. The minimum absolute atomic E-state index is 0.135. The standard InChI is InChI=1S/C8H11AsO3/c1-12-9(10,11)7-8-5-3-2-4-6-8/h2-6H,7H2,1H3,(H,10,11). The van der Waals surface area contributed by atoms with E-state index in [0.717, 1.165) is 5.56 Å². The van der Waals surface area contributed by atoms with Crippen LogP contribution in [0.5, 0.6) is 0 Å². The van der Waals surface area contributed by atoms with E-state index in [4.69, 9.17) is 0 Å². The van der Waals surface area contributed by atoms with Crippen LogP contribution in [0.3, 0.4) is 0 Å². The van der Waals surface area contributed by atoms with Gasteiger partial charge < -0.3 is 0 Å². The Morgan fingerprint density at radius 3 is 2.50 bits per heavy atom. The van der Waals surface area contributed by atoms with Gasteiger partial charge in [0.2, 0.25) is 0 Å². The normalized spacial score (nSPS) is 15.5. The van der Waals surface area contributed by atoms with Crippen molar-refractivity contribution >= 4 is 14.2 Å². The molecule has 12 heavy (non-hydrogen) atoms. The topological polar surface area (TPSA) is 46.5 Å². The van der Waals surface area contributed by atoms with Crippen molar-refractivity contribution in [3.63, 3.8) is 0 Å². The summed E-state index contributed by atoms with van der Waals surface area (Å²) in [5.74, 6) is 0. The monoisotopic (exact) mass is 230 g/mol. The van der Waals surface area contributed by atoms with Gasteiger partial charge in [-0.1, -0.05) is 0 Å². The molecule has 0 amide bonds. The van der Waals surface area contributed by atoms with E-state index >= 15 is 0 Å². The first kappa shape index (κ1) is 9.59.